The Morgan fingerprint density at radius 2 is 2.21 bits per heavy atom. The third-order valence-electron chi connectivity index (χ3n) is 2.82. The van der Waals surface area contributed by atoms with Gasteiger partial charge in [0.15, 0.2) is 5.82 Å². The number of fused-ring (bicyclic) bond motifs is 3. The first-order chi connectivity index (χ1) is 6.92. The van der Waals surface area contributed by atoms with Crippen LogP contribution in [0.1, 0.15) is 24.9 Å². The van der Waals surface area contributed by atoms with E-state index in [0.29, 0.717) is 6.04 Å². The van der Waals surface area contributed by atoms with Gasteiger partial charge in [-0.2, -0.15) is 5.10 Å². The summed E-state index contributed by atoms with van der Waals surface area (Å²) in [5, 5.41) is 4.27. The van der Waals surface area contributed by atoms with E-state index >= 15 is 0 Å². The van der Waals surface area contributed by atoms with Gasteiger partial charge in [-0.3, -0.25) is 0 Å². The fourth-order valence-corrected chi connectivity index (χ4v) is 2.19. The van der Waals surface area contributed by atoms with E-state index in [-0.39, 0.29) is 0 Å². The summed E-state index contributed by atoms with van der Waals surface area (Å²) in [6.45, 7) is 2.18. The normalized spacial score (nSPS) is 17.9. The number of hydrogen-bond donors (Lipinski definition) is 0. The average Bonchev–Trinajstić information content (AvgIpc) is 2.77. The van der Waals surface area contributed by atoms with E-state index in [1.165, 1.54) is 11.1 Å². The number of rotatable bonds is 1. The number of benzene rings is 1. The molecule has 0 radical (unpaired) electrons. The van der Waals surface area contributed by atoms with Crippen molar-refractivity contribution in [1.29, 1.82) is 0 Å². The molecule has 1 atom stereocenters. The number of nitrogens with zero attached hydrogens (tertiary/aromatic N) is 3. The minimum Gasteiger partial charge on any atom is -0.238 e. The third-order valence-corrected chi connectivity index (χ3v) is 2.82. The van der Waals surface area contributed by atoms with Gasteiger partial charge in [-0.05, 0) is 12.0 Å². The fourth-order valence-electron chi connectivity index (χ4n) is 2.19. The molecule has 14 heavy (non-hydrogen) atoms. The third kappa shape index (κ3) is 0.816. The first-order valence-electron chi connectivity index (χ1n) is 4.90. The molecule has 1 aliphatic heterocycles. The van der Waals surface area contributed by atoms with Gasteiger partial charge < -0.3 is 0 Å². The van der Waals surface area contributed by atoms with Gasteiger partial charge in [-0.15, -0.1) is 0 Å². The van der Waals surface area contributed by atoms with E-state index in [1.54, 1.807) is 6.33 Å². The van der Waals surface area contributed by atoms with Crippen LogP contribution in [0.2, 0.25) is 0 Å². The second kappa shape index (κ2) is 2.67. The molecule has 3 rings (SSSR count). The maximum absolute atomic E-state index is 4.29. The van der Waals surface area contributed by atoms with Gasteiger partial charge in [0.25, 0.3) is 0 Å². The predicted molar refractivity (Wildman–Crippen MR) is 53.9 cm³/mol. The van der Waals surface area contributed by atoms with Gasteiger partial charge in [-0.1, -0.05) is 31.2 Å². The van der Waals surface area contributed by atoms with Crippen molar-refractivity contribution in [3.63, 3.8) is 0 Å². The first kappa shape index (κ1) is 7.74. The lowest BCUT2D eigenvalue weighted by molar-refractivity contribution is 0.534. The van der Waals surface area contributed by atoms with Crippen LogP contribution >= 0.6 is 0 Å². The van der Waals surface area contributed by atoms with Crippen molar-refractivity contribution >= 4 is 0 Å². The standard InChI is InChI=1S/C11H11N3/c1-2-10-8-5-3-4-6-9(8)11-12-7-13-14(10)11/h3-7,10H,2H2,1H3. The van der Waals surface area contributed by atoms with Crippen LogP contribution in [0.4, 0.5) is 0 Å². The van der Waals surface area contributed by atoms with Crippen LogP contribution in [0, 0.1) is 0 Å². The van der Waals surface area contributed by atoms with E-state index < -0.39 is 0 Å². The van der Waals surface area contributed by atoms with E-state index in [2.05, 4.69) is 41.3 Å². The van der Waals surface area contributed by atoms with Crippen molar-refractivity contribution in [2.24, 2.45) is 0 Å². The topological polar surface area (TPSA) is 30.7 Å². The molecule has 3 heteroatoms. The molecular weight excluding hydrogens is 174 g/mol. The van der Waals surface area contributed by atoms with Gasteiger partial charge in [0.2, 0.25) is 0 Å². The molecular formula is C11H11N3. The van der Waals surface area contributed by atoms with Crippen molar-refractivity contribution in [3.05, 3.63) is 36.2 Å². The first-order valence-corrected chi connectivity index (χ1v) is 4.90. The van der Waals surface area contributed by atoms with Crippen LogP contribution in [0.15, 0.2) is 30.6 Å². The van der Waals surface area contributed by atoms with Gasteiger partial charge in [0, 0.05) is 5.56 Å². The second-order valence-electron chi connectivity index (χ2n) is 3.54. The lowest BCUT2D eigenvalue weighted by Crippen LogP contribution is -2.05. The van der Waals surface area contributed by atoms with Gasteiger partial charge in [0.1, 0.15) is 6.33 Å². The molecule has 0 N–H and O–H groups in total. The molecule has 0 spiro atoms. The predicted octanol–water partition coefficient (Wildman–Crippen LogP) is 2.26. The molecule has 0 saturated heterocycles. The van der Waals surface area contributed by atoms with E-state index in [9.17, 15) is 0 Å². The van der Waals surface area contributed by atoms with Crippen LogP contribution in [-0.4, -0.2) is 14.8 Å². The van der Waals surface area contributed by atoms with E-state index in [1.807, 2.05) is 4.68 Å². The Balaban J connectivity index is 2.30. The second-order valence-corrected chi connectivity index (χ2v) is 3.54. The van der Waals surface area contributed by atoms with Crippen molar-refractivity contribution in [2.45, 2.75) is 19.4 Å². The Morgan fingerprint density at radius 3 is 3.07 bits per heavy atom. The molecule has 0 saturated carbocycles. The molecule has 0 fully saturated rings. The smallest absolute Gasteiger partial charge is 0.158 e. The molecule has 0 amide bonds. The molecule has 2 heterocycles. The summed E-state index contributed by atoms with van der Waals surface area (Å²) in [6, 6.07) is 8.79. The zero-order chi connectivity index (χ0) is 9.54. The van der Waals surface area contributed by atoms with Gasteiger partial charge >= 0.3 is 0 Å². The Labute approximate surface area is 82.4 Å². The summed E-state index contributed by atoms with van der Waals surface area (Å²) in [7, 11) is 0. The highest BCUT2D eigenvalue weighted by atomic mass is 15.4. The maximum atomic E-state index is 4.29. The molecule has 1 aromatic heterocycles. The molecule has 0 aliphatic carbocycles. The Hall–Kier alpha value is -1.64. The molecule has 1 unspecified atom stereocenters. The van der Waals surface area contributed by atoms with E-state index in [4.69, 9.17) is 0 Å². The van der Waals surface area contributed by atoms with Crippen LogP contribution in [0.25, 0.3) is 11.4 Å². The molecule has 0 bridgehead atoms. The Kier molecular flexibility index (Phi) is 1.48. The maximum Gasteiger partial charge on any atom is 0.158 e. The van der Waals surface area contributed by atoms with Gasteiger partial charge in [-0.25, -0.2) is 9.67 Å². The fraction of sp³-hybridized carbons (Fsp3) is 0.273. The number of aromatic nitrogens is 3. The summed E-state index contributed by atoms with van der Waals surface area (Å²) < 4.78 is 2.02. The summed E-state index contributed by atoms with van der Waals surface area (Å²) >= 11 is 0. The number of hydrogen-bond acceptors (Lipinski definition) is 2. The summed E-state index contributed by atoms with van der Waals surface area (Å²) in [4.78, 5) is 4.29. The SMILES string of the molecule is CCC1c2ccccc2-c2ncnn21. The van der Waals surface area contributed by atoms with E-state index in [0.717, 1.165) is 12.2 Å². The summed E-state index contributed by atoms with van der Waals surface area (Å²) in [5.41, 5.74) is 2.59. The van der Waals surface area contributed by atoms with Crippen LogP contribution in [0.5, 0.6) is 0 Å². The molecule has 1 aliphatic rings. The highest BCUT2D eigenvalue weighted by Crippen LogP contribution is 2.38. The monoisotopic (exact) mass is 185 g/mol. The van der Waals surface area contributed by atoms with Crippen LogP contribution in [0.3, 0.4) is 0 Å². The Bertz CT molecular complexity index is 473. The van der Waals surface area contributed by atoms with Crippen molar-refractivity contribution in [1.82, 2.24) is 14.8 Å². The zero-order valence-electron chi connectivity index (χ0n) is 8.01. The van der Waals surface area contributed by atoms with Crippen molar-refractivity contribution < 1.29 is 0 Å². The summed E-state index contributed by atoms with van der Waals surface area (Å²) in [6.07, 6.45) is 2.70. The molecule has 1 aromatic carbocycles. The quantitative estimate of drug-likeness (QED) is 0.682. The van der Waals surface area contributed by atoms with Crippen LogP contribution < -0.4 is 0 Å². The van der Waals surface area contributed by atoms with Crippen molar-refractivity contribution in [3.8, 4) is 11.4 Å². The minimum atomic E-state index is 0.378. The molecule has 2 aromatic rings. The minimum absolute atomic E-state index is 0.378. The summed E-state index contributed by atoms with van der Waals surface area (Å²) in [5.74, 6) is 1.01. The Morgan fingerprint density at radius 1 is 1.36 bits per heavy atom. The van der Waals surface area contributed by atoms with Crippen molar-refractivity contribution in [2.75, 3.05) is 0 Å². The zero-order valence-corrected chi connectivity index (χ0v) is 8.01. The molecule has 3 nitrogen and oxygen atoms in total. The molecule has 70 valence electrons. The lowest BCUT2D eigenvalue weighted by Gasteiger charge is -2.09. The van der Waals surface area contributed by atoms with Gasteiger partial charge in [0.05, 0.1) is 6.04 Å². The highest BCUT2D eigenvalue weighted by Gasteiger charge is 2.27. The largest absolute Gasteiger partial charge is 0.238 e. The average molecular weight is 185 g/mol. The lowest BCUT2D eigenvalue weighted by atomic mass is 10.0. The van der Waals surface area contributed by atoms with Crippen LogP contribution in [-0.2, 0) is 0 Å². The highest BCUT2D eigenvalue weighted by molar-refractivity contribution is 5.65.